The van der Waals surface area contributed by atoms with E-state index in [4.69, 9.17) is 4.74 Å². The van der Waals surface area contributed by atoms with Crippen molar-refractivity contribution in [2.24, 2.45) is 5.92 Å². The first-order valence-corrected chi connectivity index (χ1v) is 14.3. The molecule has 0 saturated carbocycles. The maximum Gasteiger partial charge on any atom is 0.237 e. The van der Waals surface area contributed by atoms with Crippen molar-refractivity contribution < 1.29 is 26.3 Å². The van der Waals surface area contributed by atoms with E-state index in [1.165, 1.54) is 6.20 Å². The van der Waals surface area contributed by atoms with Crippen molar-refractivity contribution in [1.82, 2.24) is 20.3 Å². The molecule has 5 rings (SSSR count). The monoisotopic (exact) mass is 569 g/mol. The van der Waals surface area contributed by atoms with E-state index in [2.05, 4.69) is 20.3 Å². The predicted molar refractivity (Wildman–Crippen MR) is 144 cm³/mol. The van der Waals surface area contributed by atoms with Crippen LogP contribution < -0.4 is 14.8 Å². The van der Waals surface area contributed by atoms with Crippen LogP contribution in [0.15, 0.2) is 67.0 Å². The van der Waals surface area contributed by atoms with Crippen LogP contribution >= 0.6 is 0 Å². The first-order chi connectivity index (χ1) is 19.3. The number of anilines is 1. The fourth-order valence-corrected chi connectivity index (χ4v) is 5.70. The Hall–Kier alpha value is -4.03. The summed E-state index contributed by atoms with van der Waals surface area (Å²) >= 11 is 0. The molecule has 4 aromatic rings. The summed E-state index contributed by atoms with van der Waals surface area (Å²) in [5.41, 5.74) is 0.0613. The lowest BCUT2D eigenvalue weighted by atomic mass is 9.96. The lowest BCUT2D eigenvalue weighted by molar-refractivity contribution is 0.370. The lowest BCUT2D eigenvalue weighted by Gasteiger charge is -2.22. The van der Waals surface area contributed by atoms with Crippen LogP contribution in [0.3, 0.4) is 0 Å². The fourth-order valence-electron chi connectivity index (χ4n) is 4.50. The number of sulfonamides is 1. The van der Waals surface area contributed by atoms with Gasteiger partial charge in [-0.2, -0.15) is 4.39 Å². The summed E-state index contributed by atoms with van der Waals surface area (Å²) in [5, 5.41) is 3.36. The van der Waals surface area contributed by atoms with Crippen LogP contribution in [0.4, 0.5) is 18.9 Å². The van der Waals surface area contributed by atoms with Crippen LogP contribution in [0.2, 0.25) is 0 Å². The molecule has 2 aromatic carbocycles. The number of hydrogen-bond donors (Lipinski definition) is 2. The number of hydrogen-bond acceptors (Lipinski definition) is 7. The largest absolute Gasteiger partial charge is 0.435 e. The van der Waals surface area contributed by atoms with Gasteiger partial charge in [0.25, 0.3) is 0 Å². The van der Waals surface area contributed by atoms with Crippen molar-refractivity contribution in [3.8, 4) is 22.9 Å². The van der Waals surface area contributed by atoms with E-state index in [-0.39, 0.29) is 5.88 Å². The van der Waals surface area contributed by atoms with E-state index >= 15 is 4.39 Å². The van der Waals surface area contributed by atoms with Gasteiger partial charge < -0.3 is 10.1 Å². The Bertz CT molecular complexity index is 1600. The van der Waals surface area contributed by atoms with Crippen LogP contribution in [0.1, 0.15) is 24.2 Å². The Morgan fingerprint density at radius 1 is 1.00 bits per heavy atom. The Morgan fingerprint density at radius 3 is 2.60 bits per heavy atom. The molecular formula is C28H26F3N5O3S. The number of ether oxygens (including phenoxy) is 1. The first kappa shape index (κ1) is 27.5. The zero-order valence-corrected chi connectivity index (χ0v) is 22.1. The molecule has 2 aromatic heterocycles. The third-order valence-electron chi connectivity index (χ3n) is 6.41. The van der Waals surface area contributed by atoms with Gasteiger partial charge in [-0.25, -0.2) is 32.2 Å². The molecule has 1 saturated heterocycles. The molecule has 2 N–H and O–H groups in total. The standard InChI is InChI=1S/C28H26F3N5O3S/c29-21-15-23(25(30)26(31)27(21)36-40(37,38)17-18-6-2-1-3-7-18)39-28-20(9-5-12-34-28)22-10-13-33-24(35-22)14-19-8-4-11-32-16-19/h1-3,5-7,9-10,12-13,15,19,32,36H,4,8,11,14,16-17H2/t19-/m1/s1. The van der Waals surface area contributed by atoms with Crippen LogP contribution in [-0.4, -0.2) is 36.5 Å². The molecule has 0 unspecified atom stereocenters. The molecule has 40 heavy (non-hydrogen) atoms. The highest BCUT2D eigenvalue weighted by Gasteiger charge is 2.25. The van der Waals surface area contributed by atoms with E-state index in [1.807, 2.05) is 0 Å². The summed E-state index contributed by atoms with van der Waals surface area (Å²) in [4.78, 5) is 13.1. The van der Waals surface area contributed by atoms with Gasteiger partial charge in [0, 0.05) is 24.9 Å². The molecule has 1 fully saturated rings. The van der Waals surface area contributed by atoms with Crippen molar-refractivity contribution in [3.63, 3.8) is 0 Å². The Morgan fingerprint density at radius 2 is 1.82 bits per heavy atom. The SMILES string of the molecule is O=S(=O)(Cc1ccccc1)Nc1c(F)cc(Oc2ncccc2-c2ccnc(C[C@H]3CCCNC3)n2)c(F)c1F. The van der Waals surface area contributed by atoms with Gasteiger partial charge in [0.05, 0.1) is 17.0 Å². The van der Waals surface area contributed by atoms with Crippen LogP contribution in [-0.2, 0) is 22.2 Å². The third-order valence-corrected chi connectivity index (χ3v) is 7.64. The topological polar surface area (TPSA) is 106 Å². The highest BCUT2D eigenvalue weighted by Crippen LogP contribution is 2.35. The van der Waals surface area contributed by atoms with E-state index < -0.39 is 44.7 Å². The van der Waals surface area contributed by atoms with E-state index in [1.54, 1.807) is 59.4 Å². The van der Waals surface area contributed by atoms with Crippen LogP contribution in [0, 0.1) is 23.4 Å². The van der Waals surface area contributed by atoms with E-state index in [0.29, 0.717) is 41.1 Å². The van der Waals surface area contributed by atoms with Crippen molar-refractivity contribution in [3.05, 3.63) is 95.8 Å². The zero-order valence-electron chi connectivity index (χ0n) is 21.3. The number of rotatable bonds is 9. The fraction of sp³-hybridized carbons (Fsp3) is 0.250. The molecular weight excluding hydrogens is 543 g/mol. The Kier molecular flexibility index (Phi) is 8.27. The first-order valence-electron chi connectivity index (χ1n) is 12.7. The van der Waals surface area contributed by atoms with Gasteiger partial charge in [-0.15, -0.1) is 0 Å². The van der Waals surface area contributed by atoms with Gasteiger partial charge in [-0.3, -0.25) is 4.72 Å². The second kappa shape index (κ2) is 12.0. The van der Waals surface area contributed by atoms with Crippen molar-refractivity contribution >= 4 is 15.7 Å². The molecule has 12 heteroatoms. The summed E-state index contributed by atoms with van der Waals surface area (Å²) in [5.74, 6) is -5.15. The smallest absolute Gasteiger partial charge is 0.237 e. The Labute approximate surface area is 229 Å². The third kappa shape index (κ3) is 6.57. The minimum absolute atomic E-state index is 0.137. The van der Waals surface area contributed by atoms with Gasteiger partial charge in [0.1, 0.15) is 11.5 Å². The maximum absolute atomic E-state index is 15.0. The number of piperidine rings is 1. The average Bonchev–Trinajstić information content (AvgIpc) is 2.95. The second-order valence-electron chi connectivity index (χ2n) is 9.44. The molecule has 0 aliphatic carbocycles. The summed E-state index contributed by atoms with van der Waals surface area (Å²) in [6.45, 7) is 1.87. The highest BCUT2D eigenvalue weighted by molar-refractivity contribution is 7.91. The number of aromatic nitrogens is 3. The molecule has 3 heterocycles. The molecule has 1 atom stereocenters. The van der Waals surface area contributed by atoms with Gasteiger partial charge in [0.2, 0.25) is 21.7 Å². The number of nitrogens with one attached hydrogen (secondary N) is 2. The molecule has 1 aliphatic heterocycles. The summed E-state index contributed by atoms with van der Waals surface area (Å²) in [6, 6.07) is 13.5. The summed E-state index contributed by atoms with van der Waals surface area (Å²) < 4.78 is 77.2. The van der Waals surface area contributed by atoms with Gasteiger partial charge in [-0.1, -0.05) is 30.3 Å². The number of halogens is 3. The molecule has 0 spiro atoms. The zero-order chi connectivity index (χ0) is 28.1. The molecule has 1 aliphatic rings. The average molecular weight is 570 g/mol. The van der Waals surface area contributed by atoms with Crippen LogP contribution in [0.25, 0.3) is 11.3 Å². The number of benzene rings is 2. The van der Waals surface area contributed by atoms with Crippen LogP contribution in [0.5, 0.6) is 11.6 Å². The quantitative estimate of drug-likeness (QED) is 0.266. The van der Waals surface area contributed by atoms with Gasteiger partial charge in [0.15, 0.2) is 17.4 Å². The predicted octanol–water partition coefficient (Wildman–Crippen LogP) is 5.23. The Balaban J connectivity index is 1.38. The normalized spacial score (nSPS) is 15.5. The van der Waals surface area contributed by atoms with Crippen molar-refractivity contribution in [2.75, 3.05) is 17.8 Å². The van der Waals surface area contributed by atoms with E-state index in [0.717, 1.165) is 25.9 Å². The molecule has 208 valence electrons. The van der Waals surface area contributed by atoms with Gasteiger partial charge in [-0.05, 0) is 55.6 Å². The molecule has 8 nitrogen and oxygen atoms in total. The molecule has 0 bridgehead atoms. The number of pyridine rings is 1. The summed E-state index contributed by atoms with van der Waals surface area (Å²) in [7, 11) is -4.25. The van der Waals surface area contributed by atoms with Gasteiger partial charge >= 0.3 is 0 Å². The van der Waals surface area contributed by atoms with Crippen molar-refractivity contribution in [1.29, 1.82) is 0 Å². The maximum atomic E-state index is 15.0. The van der Waals surface area contributed by atoms with Crippen molar-refractivity contribution in [2.45, 2.75) is 25.0 Å². The number of nitrogens with zero attached hydrogens (tertiary/aromatic N) is 3. The molecule has 0 radical (unpaired) electrons. The minimum atomic E-state index is -4.25. The minimum Gasteiger partial charge on any atom is -0.435 e. The summed E-state index contributed by atoms with van der Waals surface area (Å²) in [6.07, 6.45) is 5.80. The molecule has 0 amide bonds. The van der Waals surface area contributed by atoms with E-state index in [9.17, 15) is 17.2 Å². The second-order valence-corrected chi connectivity index (χ2v) is 11.2. The highest BCUT2D eigenvalue weighted by atomic mass is 32.2. The lowest BCUT2D eigenvalue weighted by Crippen LogP contribution is -2.31.